The first-order valence-corrected chi connectivity index (χ1v) is 10.2. The summed E-state index contributed by atoms with van der Waals surface area (Å²) in [5.41, 5.74) is 1.38. The molecule has 1 aromatic heterocycles. The molecule has 31 heavy (non-hydrogen) atoms. The lowest BCUT2D eigenvalue weighted by atomic mass is 10.0. The molecule has 0 aliphatic rings. The average molecular weight is 462 g/mol. The van der Waals surface area contributed by atoms with E-state index in [1.165, 1.54) is 6.07 Å². The van der Waals surface area contributed by atoms with Crippen LogP contribution in [-0.4, -0.2) is 29.9 Å². The van der Waals surface area contributed by atoms with Crippen LogP contribution < -0.4 is 14.9 Å². The highest BCUT2D eigenvalue weighted by Crippen LogP contribution is 2.31. The maximum atomic E-state index is 12.8. The quantitative estimate of drug-likeness (QED) is 0.526. The second kappa shape index (κ2) is 9.45. The molecular formula is C23H21Cl2NO5. The van der Waals surface area contributed by atoms with Crippen LogP contribution in [0.1, 0.15) is 28.5 Å². The van der Waals surface area contributed by atoms with Crippen LogP contribution in [0.3, 0.4) is 0 Å². The number of nitrogens with zero attached hydrogens (tertiary/aromatic N) is 1. The molecule has 0 fully saturated rings. The molecule has 0 saturated heterocycles. The number of ether oxygens (including phenoxy) is 2. The summed E-state index contributed by atoms with van der Waals surface area (Å²) in [6.07, 6.45) is 0.366. The van der Waals surface area contributed by atoms with Crippen LogP contribution in [0.15, 0.2) is 47.3 Å². The Kier molecular flexibility index (Phi) is 6.93. The predicted molar refractivity (Wildman–Crippen MR) is 121 cm³/mol. The van der Waals surface area contributed by atoms with Crippen LogP contribution in [0.4, 0.5) is 0 Å². The number of hydrogen-bond acceptors (Lipinski definition) is 4. The summed E-state index contributed by atoms with van der Waals surface area (Å²) < 4.78 is 12.5. The van der Waals surface area contributed by atoms with Gasteiger partial charge in [-0.3, -0.25) is 4.79 Å². The van der Waals surface area contributed by atoms with E-state index in [0.717, 1.165) is 5.56 Å². The average Bonchev–Trinajstić information content (AvgIpc) is 2.74. The van der Waals surface area contributed by atoms with E-state index in [4.69, 9.17) is 32.7 Å². The van der Waals surface area contributed by atoms with Gasteiger partial charge in [0.1, 0.15) is 17.1 Å². The van der Waals surface area contributed by atoms with E-state index in [1.54, 1.807) is 43.1 Å². The Hall–Kier alpha value is -2.96. The number of aromatic nitrogens is 1. The number of hydrogen-bond donors (Lipinski definition) is 1. The molecule has 0 unspecified atom stereocenters. The van der Waals surface area contributed by atoms with Crippen molar-refractivity contribution in [3.8, 4) is 22.8 Å². The molecule has 0 aliphatic heterocycles. The fourth-order valence-electron chi connectivity index (χ4n) is 3.53. The van der Waals surface area contributed by atoms with Crippen molar-refractivity contribution in [2.24, 2.45) is 0 Å². The molecule has 162 valence electrons. The summed E-state index contributed by atoms with van der Waals surface area (Å²) >= 11 is 12.2. The number of carboxylic acid groups (broad SMARTS) is 1. The van der Waals surface area contributed by atoms with E-state index in [-0.39, 0.29) is 16.3 Å². The van der Waals surface area contributed by atoms with Gasteiger partial charge in [0, 0.05) is 36.4 Å². The first-order chi connectivity index (χ1) is 14.8. The normalized spacial score (nSPS) is 10.7. The minimum Gasteiger partial charge on any atom is -0.497 e. The van der Waals surface area contributed by atoms with Gasteiger partial charge in [0.05, 0.1) is 30.0 Å². The first-order valence-electron chi connectivity index (χ1n) is 9.46. The minimum atomic E-state index is -1.30. The Morgan fingerprint density at radius 3 is 2.16 bits per heavy atom. The number of rotatable bonds is 7. The summed E-state index contributed by atoms with van der Waals surface area (Å²) in [6, 6.07) is 11.6. The second-order valence-electron chi connectivity index (χ2n) is 6.80. The summed E-state index contributed by atoms with van der Waals surface area (Å²) in [4.78, 5) is 24.8. The van der Waals surface area contributed by atoms with Crippen LogP contribution in [-0.2, 0) is 13.0 Å². The number of benzene rings is 2. The molecule has 0 spiro atoms. The maximum absolute atomic E-state index is 12.8. The fourth-order valence-corrected chi connectivity index (χ4v) is 3.83. The lowest BCUT2D eigenvalue weighted by molar-refractivity contribution is 0.0695. The summed E-state index contributed by atoms with van der Waals surface area (Å²) in [7, 11) is 3.12. The Bertz CT molecular complexity index is 1180. The fraction of sp³-hybridized carbons (Fsp3) is 0.217. The zero-order valence-corrected chi connectivity index (χ0v) is 18.8. The van der Waals surface area contributed by atoms with E-state index >= 15 is 0 Å². The van der Waals surface area contributed by atoms with Crippen LogP contribution in [0, 0.1) is 0 Å². The van der Waals surface area contributed by atoms with E-state index < -0.39 is 11.4 Å². The molecule has 0 atom stereocenters. The van der Waals surface area contributed by atoms with Crippen molar-refractivity contribution >= 4 is 29.2 Å². The largest absolute Gasteiger partial charge is 0.497 e. The van der Waals surface area contributed by atoms with Gasteiger partial charge in [-0.25, -0.2) is 4.79 Å². The number of carbonyl (C=O) groups is 1. The van der Waals surface area contributed by atoms with E-state index in [1.807, 2.05) is 19.1 Å². The van der Waals surface area contributed by atoms with Gasteiger partial charge in [0.15, 0.2) is 5.43 Å². The maximum Gasteiger partial charge on any atom is 0.341 e. The molecule has 3 aromatic rings. The van der Waals surface area contributed by atoms with Gasteiger partial charge in [-0.2, -0.15) is 0 Å². The van der Waals surface area contributed by atoms with Crippen molar-refractivity contribution < 1.29 is 19.4 Å². The molecule has 0 radical (unpaired) electrons. The Morgan fingerprint density at radius 2 is 1.65 bits per heavy atom. The SMILES string of the molecule is CCn1c(Cc2cc(OC)cc(OC)c2)cc(=O)c(C(=O)O)c1-c1ccc(Cl)c(Cl)c1. The molecular weight excluding hydrogens is 441 g/mol. The molecule has 0 amide bonds. The number of carboxylic acids is 1. The third-order valence-electron chi connectivity index (χ3n) is 4.92. The topological polar surface area (TPSA) is 77.8 Å². The monoisotopic (exact) mass is 461 g/mol. The predicted octanol–water partition coefficient (Wildman–Crippen LogP) is 5.15. The summed E-state index contributed by atoms with van der Waals surface area (Å²) in [6.45, 7) is 2.32. The lowest BCUT2D eigenvalue weighted by Crippen LogP contribution is -2.23. The molecule has 2 aromatic carbocycles. The van der Waals surface area contributed by atoms with Crippen molar-refractivity contribution in [3.05, 3.63) is 79.6 Å². The molecule has 0 bridgehead atoms. The van der Waals surface area contributed by atoms with Crippen molar-refractivity contribution in [2.75, 3.05) is 14.2 Å². The molecule has 8 heteroatoms. The molecule has 6 nitrogen and oxygen atoms in total. The number of aromatic carboxylic acids is 1. The van der Waals surface area contributed by atoms with Gasteiger partial charge in [0.25, 0.3) is 0 Å². The van der Waals surface area contributed by atoms with Crippen molar-refractivity contribution in [2.45, 2.75) is 19.9 Å². The Balaban J connectivity index is 2.26. The standard InChI is InChI=1S/C23H21Cl2NO5/c1-4-26-15(7-13-8-16(30-2)12-17(9-13)31-3)11-20(27)21(23(28)29)22(26)14-5-6-18(24)19(25)10-14/h5-6,8-12H,4,7H2,1-3H3,(H,28,29). The number of methoxy groups -OCH3 is 2. The first kappa shape index (κ1) is 22.7. The van der Waals surface area contributed by atoms with E-state index in [0.29, 0.717) is 40.7 Å². The van der Waals surface area contributed by atoms with Crippen LogP contribution >= 0.6 is 23.2 Å². The Morgan fingerprint density at radius 1 is 1.00 bits per heavy atom. The van der Waals surface area contributed by atoms with Crippen LogP contribution in [0.5, 0.6) is 11.5 Å². The molecule has 3 rings (SSSR count). The lowest BCUT2D eigenvalue weighted by Gasteiger charge is -2.20. The van der Waals surface area contributed by atoms with E-state index in [9.17, 15) is 14.7 Å². The van der Waals surface area contributed by atoms with Crippen molar-refractivity contribution in [1.82, 2.24) is 4.57 Å². The molecule has 0 aliphatic carbocycles. The highest BCUT2D eigenvalue weighted by Gasteiger charge is 2.22. The zero-order chi connectivity index (χ0) is 22.7. The smallest absolute Gasteiger partial charge is 0.341 e. The summed E-state index contributed by atoms with van der Waals surface area (Å²) in [5.74, 6) is -0.0684. The third kappa shape index (κ3) is 4.70. The molecule has 0 saturated carbocycles. The second-order valence-corrected chi connectivity index (χ2v) is 7.61. The van der Waals surface area contributed by atoms with Gasteiger partial charge < -0.3 is 19.1 Å². The van der Waals surface area contributed by atoms with Gasteiger partial charge in [-0.05, 0) is 36.8 Å². The number of pyridine rings is 1. The minimum absolute atomic E-state index is 0.272. The van der Waals surface area contributed by atoms with Crippen molar-refractivity contribution in [3.63, 3.8) is 0 Å². The summed E-state index contributed by atoms with van der Waals surface area (Å²) in [5, 5.41) is 10.4. The van der Waals surface area contributed by atoms with Crippen LogP contribution in [0.25, 0.3) is 11.3 Å². The zero-order valence-electron chi connectivity index (χ0n) is 17.2. The van der Waals surface area contributed by atoms with Crippen molar-refractivity contribution in [1.29, 1.82) is 0 Å². The highest BCUT2D eigenvalue weighted by molar-refractivity contribution is 6.42. The van der Waals surface area contributed by atoms with Gasteiger partial charge in [-0.15, -0.1) is 0 Å². The van der Waals surface area contributed by atoms with Gasteiger partial charge in [-0.1, -0.05) is 29.3 Å². The van der Waals surface area contributed by atoms with Crippen LogP contribution in [0.2, 0.25) is 10.0 Å². The molecule has 1 N–H and O–H groups in total. The van der Waals surface area contributed by atoms with Gasteiger partial charge >= 0.3 is 5.97 Å². The highest BCUT2D eigenvalue weighted by atomic mass is 35.5. The Labute approximate surface area is 189 Å². The van der Waals surface area contributed by atoms with Gasteiger partial charge in [0.2, 0.25) is 0 Å². The third-order valence-corrected chi connectivity index (χ3v) is 5.66. The molecule has 1 heterocycles. The van der Waals surface area contributed by atoms with E-state index in [2.05, 4.69) is 0 Å². The number of halogens is 2.